The van der Waals surface area contributed by atoms with E-state index in [0.29, 0.717) is 11.7 Å². The van der Waals surface area contributed by atoms with E-state index in [2.05, 4.69) is 5.32 Å². The first-order valence-corrected chi connectivity index (χ1v) is 3.94. The summed E-state index contributed by atoms with van der Waals surface area (Å²) in [5.74, 6) is 0.0579. The normalized spacial score (nSPS) is 19.0. The minimum atomic E-state index is -0.197. The molecule has 1 saturated heterocycles. The number of nitrogens with zero attached hydrogens (tertiary/aromatic N) is 1. The van der Waals surface area contributed by atoms with Gasteiger partial charge in [-0.1, -0.05) is 0 Å². The van der Waals surface area contributed by atoms with Crippen molar-refractivity contribution >= 4 is 23.2 Å². The van der Waals surface area contributed by atoms with E-state index in [1.165, 1.54) is 0 Å². The lowest BCUT2D eigenvalue weighted by molar-refractivity contribution is -0.127. The molecule has 1 rings (SSSR count). The summed E-state index contributed by atoms with van der Waals surface area (Å²) in [6.45, 7) is 6.23. The number of nitrogens with one attached hydrogen (secondary N) is 1. The molecule has 1 fully saturated rings. The maximum Gasteiger partial charge on any atom is 0.248 e. The Hall–Kier alpha value is -0.640. The highest BCUT2D eigenvalue weighted by Crippen LogP contribution is 2.16. The largest absolute Gasteiger partial charge is 0.353 e. The molecule has 0 radical (unpaired) electrons. The summed E-state index contributed by atoms with van der Waals surface area (Å²) in [4.78, 5) is 12.8. The molecule has 1 aliphatic heterocycles. The van der Waals surface area contributed by atoms with Crippen molar-refractivity contribution in [2.24, 2.45) is 0 Å². The second-order valence-corrected chi connectivity index (χ2v) is 3.95. The molecule has 0 unspecified atom stereocenters. The first kappa shape index (κ1) is 8.46. The maximum absolute atomic E-state index is 11.2. The lowest BCUT2D eigenvalue weighted by Gasteiger charge is -2.30. The average molecular weight is 172 g/mol. The van der Waals surface area contributed by atoms with Crippen molar-refractivity contribution in [1.29, 1.82) is 0 Å². The molecule has 1 aliphatic rings. The summed E-state index contributed by atoms with van der Waals surface area (Å²) in [5.41, 5.74) is -0.197. The smallest absolute Gasteiger partial charge is 0.248 e. The van der Waals surface area contributed by atoms with E-state index in [4.69, 9.17) is 12.2 Å². The first-order chi connectivity index (χ1) is 4.93. The van der Waals surface area contributed by atoms with Gasteiger partial charge in [-0.2, -0.15) is 0 Å². The number of hydrogen-bond acceptors (Lipinski definition) is 2. The van der Waals surface area contributed by atoms with E-state index in [9.17, 15) is 4.79 Å². The number of hydrogen-bond donors (Lipinski definition) is 1. The van der Waals surface area contributed by atoms with E-state index in [-0.39, 0.29) is 11.4 Å². The minimum Gasteiger partial charge on any atom is -0.353 e. The predicted molar refractivity (Wildman–Crippen MR) is 47.2 cm³/mol. The van der Waals surface area contributed by atoms with E-state index in [1.54, 1.807) is 4.90 Å². The van der Waals surface area contributed by atoms with Crippen LogP contribution in [0.25, 0.3) is 0 Å². The molecule has 0 aliphatic carbocycles. The SMILES string of the molecule is CC(C)(C)N1C(=O)CNC1=S. The topological polar surface area (TPSA) is 32.3 Å². The van der Waals surface area contributed by atoms with Gasteiger partial charge in [-0.05, 0) is 33.0 Å². The Morgan fingerprint density at radius 2 is 2.09 bits per heavy atom. The van der Waals surface area contributed by atoms with E-state index in [1.807, 2.05) is 20.8 Å². The van der Waals surface area contributed by atoms with Crippen molar-refractivity contribution in [2.75, 3.05) is 6.54 Å². The molecule has 0 spiro atoms. The van der Waals surface area contributed by atoms with Gasteiger partial charge in [0, 0.05) is 5.54 Å². The average Bonchev–Trinajstić information content (AvgIpc) is 2.08. The van der Waals surface area contributed by atoms with E-state index < -0.39 is 0 Å². The molecule has 0 bridgehead atoms. The third-order valence-corrected chi connectivity index (χ3v) is 1.84. The van der Waals surface area contributed by atoms with Gasteiger partial charge in [-0.3, -0.25) is 9.69 Å². The molecular weight excluding hydrogens is 160 g/mol. The highest BCUT2D eigenvalue weighted by molar-refractivity contribution is 7.80. The zero-order chi connectivity index (χ0) is 8.65. The van der Waals surface area contributed by atoms with Crippen molar-refractivity contribution in [3.05, 3.63) is 0 Å². The fraction of sp³-hybridized carbons (Fsp3) is 0.714. The van der Waals surface area contributed by atoms with Crippen LogP contribution in [0.15, 0.2) is 0 Å². The molecule has 62 valence electrons. The van der Waals surface area contributed by atoms with Crippen LogP contribution in [0, 0.1) is 0 Å². The third-order valence-electron chi connectivity index (χ3n) is 1.51. The molecule has 11 heavy (non-hydrogen) atoms. The van der Waals surface area contributed by atoms with Crippen molar-refractivity contribution < 1.29 is 4.79 Å². The van der Waals surface area contributed by atoms with E-state index in [0.717, 1.165) is 0 Å². The van der Waals surface area contributed by atoms with Gasteiger partial charge in [0.25, 0.3) is 0 Å². The fourth-order valence-corrected chi connectivity index (χ4v) is 1.55. The van der Waals surface area contributed by atoms with Gasteiger partial charge >= 0.3 is 0 Å². The number of amides is 1. The summed E-state index contributed by atoms with van der Waals surface area (Å²) < 4.78 is 0. The van der Waals surface area contributed by atoms with Crippen LogP contribution in [-0.2, 0) is 4.79 Å². The molecule has 1 N–H and O–H groups in total. The Bertz CT molecular complexity index is 191. The molecule has 0 atom stereocenters. The van der Waals surface area contributed by atoms with Crippen molar-refractivity contribution in [3.8, 4) is 0 Å². The molecule has 1 heterocycles. The number of carbonyl (C=O) groups excluding carboxylic acids is 1. The quantitative estimate of drug-likeness (QED) is 0.540. The summed E-state index contributed by atoms with van der Waals surface area (Å²) in [7, 11) is 0. The second-order valence-electron chi connectivity index (χ2n) is 3.56. The molecule has 1 amide bonds. The third kappa shape index (κ3) is 1.50. The molecule has 4 heteroatoms. The monoisotopic (exact) mass is 172 g/mol. The minimum absolute atomic E-state index is 0.0579. The van der Waals surface area contributed by atoms with Crippen LogP contribution in [0.2, 0.25) is 0 Å². The molecule has 0 saturated carbocycles. The summed E-state index contributed by atoms with van der Waals surface area (Å²) >= 11 is 4.96. The van der Waals surface area contributed by atoms with Gasteiger partial charge in [0.05, 0.1) is 6.54 Å². The van der Waals surface area contributed by atoms with Crippen LogP contribution >= 0.6 is 12.2 Å². The Morgan fingerprint density at radius 1 is 1.55 bits per heavy atom. The molecule has 3 nitrogen and oxygen atoms in total. The van der Waals surface area contributed by atoms with Gasteiger partial charge < -0.3 is 5.32 Å². The lowest BCUT2D eigenvalue weighted by Crippen LogP contribution is -2.45. The standard InChI is InChI=1S/C7H12N2OS/c1-7(2,3)9-5(10)4-8-6(9)11/h4H2,1-3H3,(H,8,11). The van der Waals surface area contributed by atoms with Crippen LogP contribution in [0.4, 0.5) is 0 Å². The molecule has 0 aromatic heterocycles. The number of carbonyl (C=O) groups is 1. The van der Waals surface area contributed by atoms with Gasteiger partial charge in [-0.25, -0.2) is 0 Å². The fourth-order valence-electron chi connectivity index (χ4n) is 1.10. The van der Waals surface area contributed by atoms with Crippen LogP contribution < -0.4 is 5.32 Å². The predicted octanol–water partition coefficient (Wildman–Crippen LogP) is 0.502. The first-order valence-electron chi connectivity index (χ1n) is 3.54. The van der Waals surface area contributed by atoms with Crippen LogP contribution in [0.3, 0.4) is 0 Å². The van der Waals surface area contributed by atoms with Crippen LogP contribution in [0.5, 0.6) is 0 Å². The van der Waals surface area contributed by atoms with E-state index >= 15 is 0 Å². The number of rotatable bonds is 0. The van der Waals surface area contributed by atoms with Crippen LogP contribution in [0.1, 0.15) is 20.8 Å². The summed E-state index contributed by atoms with van der Waals surface area (Å²) in [6.07, 6.45) is 0. The van der Waals surface area contributed by atoms with Crippen LogP contribution in [-0.4, -0.2) is 28.0 Å². The second kappa shape index (κ2) is 2.44. The Morgan fingerprint density at radius 3 is 2.27 bits per heavy atom. The maximum atomic E-state index is 11.2. The zero-order valence-corrected chi connectivity index (χ0v) is 7.79. The molecule has 0 aromatic carbocycles. The van der Waals surface area contributed by atoms with Gasteiger partial charge in [0.15, 0.2) is 5.11 Å². The van der Waals surface area contributed by atoms with Crippen molar-refractivity contribution in [3.63, 3.8) is 0 Å². The van der Waals surface area contributed by atoms with Crippen molar-refractivity contribution in [2.45, 2.75) is 26.3 Å². The Kier molecular flexibility index (Phi) is 1.88. The Balaban J connectivity index is 2.85. The highest BCUT2D eigenvalue weighted by Gasteiger charge is 2.34. The molecule has 0 aromatic rings. The van der Waals surface area contributed by atoms with Gasteiger partial charge in [0.1, 0.15) is 0 Å². The van der Waals surface area contributed by atoms with Crippen molar-refractivity contribution in [1.82, 2.24) is 10.2 Å². The van der Waals surface area contributed by atoms with Gasteiger partial charge in [-0.15, -0.1) is 0 Å². The highest BCUT2D eigenvalue weighted by atomic mass is 32.1. The summed E-state index contributed by atoms with van der Waals surface area (Å²) in [5, 5.41) is 3.38. The Labute approximate surface area is 71.8 Å². The van der Waals surface area contributed by atoms with Gasteiger partial charge in [0.2, 0.25) is 5.91 Å². The molecular formula is C7H12N2OS. The summed E-state index contributed by atoms with van der Waals surface area (Å²) in [6, 6.07) is 0. The zero-order valence-electron chi connectivity index (χ0n) is 6.97. The number of thiocarbonyl (C=S) groups is 1. The lowest BCUT2D eigenvalue weighted by atomic mass is 10.1.